The molecule has 0 unspecified atom stereocenters. The molecule has 1 aliphatic carbocycles. The maximum atomic E-state index is 5.31. The van der Waals surface area contributed by atoms with Gasteiger partial charge in [-0.25, -0.2) is 0 Å². The smallest absolute Gasteiger partial charge is 0.142 e. The number of ether oxygens (including phenoxy) is 2. The highest BCUT2D eigenvalue weighted by Crippen LogP contribution is 2.31. The molecule has 0 aromatic heterocycles. The zero-order valence-corrected chi connectivity index (χ0v) is 9.95. The van der Waals surface area contributed by atoms with Crippen LogP contribution in [-0.4, -0.2) is 20.8 Å². The fourth-order valence-corrected chi connectivity index (χ4v) is 1.90. The Kier molecular flexibility index (Phi) is 3.54. The summed E-state index contributed by atoms with van der Waals surface area (Å²) in [5.74, 6) is 2.56. The second-order valence-corrected chi connectivity index (χ2v) is 4.24. The van der Waals surface area contributed by atoms with Crippen molar-refractivity contribution >= 4 is 5.69 Å². The highest BCUT2D eigenvalue weighted by molar-refractivity contribution is 5.59. The lowest BCUT2D eigenvalue weighted by molar-refractivity contribution is 0.332. The second-order valence-electron chi connectivity index (χ2n) is 4.24. The number of anilines is 1. The molecule has 0 heterocycles. The molecule has 3 nitrogen and oxygen atoms in total. The van der Waals surface area contributed by atoms with Crippen LogP contribution >= 0.6 is 0 Å². The van der Waals surface area contributed by atoms with Gasteiger partial charge in [-0.15, -0.1) is 0 Å². The first-order valence-corrected chi connectivity index (χ1v) is 5.79. The summed E-state index contributed by atoms with van der Waals surface area (Å²) < 4.78 is 10.5. The quantitative estimate of drug-likeness (QED) is 0.829. The zero-order chi connectivity index (χ0) is 11.4. The number of rotatable bonds is 5. The van der Waals surface area contributed by atoms with Crippen molar-refractivity contribution in [2.75, 3.05) is 26.1 Å². The fraction of sp³-hybridized carbons (Fsp3) is 0.538. The van der Waals surface area contributed by atoms with Crippen molar-refractivity contribution in [1.29, 1.82) is 0 Å². The van der Waals surface area contributed by atoms with E-state index >= 15 is 0 Å². The first-order chi connectivity index (χ1) is 7.83. The molecule has 88 valence electrons. The summed E-state index contributed by atoms with van der Waals surface area (Å²) in [4.78, 5) is 0. The molecular formula is C13H19NO2. The van der Waals surface area contributed by atoms with Crippen LogP contribution in [0, 0.1) is 5.92 Å². The molecule has 0 radical (unpaired) electrons. The number of hydrogen-bond donors (Lipinski definition) is 1. The van der Waals surface area contributed by atoms with Crippen LogP contribution in [0.1, 0.15) is 19.3 Å². The molecule has 1 aliphatic rings. The Balaban J connectivity index is 2.03. The predicted molar refractivity (Wildman–Crippen MR) is 65.4 cm³/mol. The van der Waals surface area contributed by atoms with Gasteiger partial charge in [0.25, 0.3) is 0 Å². The summed E-state index contributed by atoms with van der Waals surface area (Å²) in [6.07, 6.45) is 4.07. The van der Waals surface area contributed by atoms with Gasteiger partial charge in [-0.05, 0) is 30.9 Å². The topological polar surface area (TPSA) is 30.5 Å². The summed E-state index contributed by atoms with van der Waals surface area (Å²) in [5, 5.41) is 3.44. The van der Waals surface area contributed by atoms with E-state index in [0.717, 1.165) is 29.6 Å². The van der Waals surface area contributed by atoms with Crippen LogP contribution in [0.25, 0.3) is 0 Å². The maximum Gasteiger partial charge on any atom is 0.142 e. The third-order valence-electron chi connectivity index (χ3n) is 3.21. The number of benzene rings is 1. The second kappa shape index (κ2) is 5.10. The van der Waals surface area contributed by atoms with Gasteiger partial charge >= 0.3 is 0 Å². The van der Waals surface area contributed by atoms with Crippen LogP contribution in [0.5, 0.6) is 11.5 Å². The van der Waals surface area contributed by atoms with E-state index in [2.05, 4.69) is 5.32 Å². The van der Waals surface area contributed by atoms with Crippen molar-refractivity contribution in [3.63, 3.8) is 0 Å². The minimum atomic E-state index is 0.830. The molecule has 0 atom stereocenters. The lowest BCUT2D eigenvalue weighted by Gasteiger charge is -2.26. The van der Waals surface area contributed by atoms with Crippen molar-refractivity contribution in [3.05, 3.63) is 18.2 Å². The normalized spacial score (nSPS) is 15.4. The molecule has 1 fully saturated rings. The van der Waals surface area contributed by atoms with Gasteiger partial charge < -0.3 is 14.8 Å². The van der Waals surface area contributed by atoms with Gasteiger partial charge in [0.05, 0.1) is 19.9 Å². The molecule has 16 heavy (non-hydrogen) atoms. The first kappa shape index (κ1) is 11.1. The monoisotopic (exact) mass is 221 g/mol. The molecule has 0 saturated heterocycles. The Morgan fingerprint density at radius 2 is 2.06 bits per heavy atom. The molecule has 2 rings (SSSR count). The van der Waals surface area contributed by atoms with Gasteiger partial charge in [0.15, 0.2) is 0 Å². The van der Waals surface area contributed by atoms with Crippen LogP contribution < -0.4 is 14.8 Å². The minimum absolute atomic E-state index is 0.830. The number of methoxy groups -OCH3 is 2. The largest absolute Gasteiger partial charge is 0.497 e. The average Bonchev–Trinajstić information content (AvgIpc) is 2.26. The van der Waals surface area contributed by atoms with E-state index in [-0.39, 0.29) is 0 Å². The summed E-state index contributed by atoms with van der Waals surface area (Å²) >= 11 is 0. The Bertz CT molecular complexity index is 348. The molecule has 0 spiro atoms. The van der Waals surface area contributed by atoms with E-state index in [1.54, 1.807) is 14.2 Å². The van der Waals surface area contributed by atoms with Crippen molar-refractivity contribution in [2.45, 2.75) is 19.3 Å². The van der Waals surface area contributed by atoms with Gasteiger partial charge in [-0.3, -0.25) is 0 Å². The van der Waals surface area contributed by atoms with Crippen LogP contribution in [0.3, 0.4) is 0 Å². The Morgan fingerprint density at radius 3 is 2.62 bits per heavy atom. The van der Waals surface area contributed by atoms with E-state index in [4.69, 9.17) is 9.47 Å². The standard InChI is InChI=1S/C13H19NO2/c1-15-11-6-7-13(16-2)12(8-11)14-9-10-4-3-5-10/h6-8,10,14H,3-5,9H2,1-2H3. The molecule has 1 saturated carbocycles. The van der Waals surface area contributed by atoms with Gasteiger partial charge in [-0.2, -0.15) is 0 Å². The molecule has 0 bridgehead atoms. The molecule has 3 heteroatoms. The first-order valence-electron chi connectivity index (χ1n) is 5.79. The van der Waals surface area contributed by atoms with E-state index in [0.29, 0.717) is 0 Å². The van der Waals surface area contributed by atoms with Gasteiger partial charge in [0, 0.05) is 12.6 Å². The van der Waals surface area contributed by atoms with E-state index in [1.807, 2.05) is 18.2 Å². The SMILES string of the molecule is COc1ccc(OC)c(NCC2CCC2)c1. The van der Waals surface area contributed by atoms with Gasteiger partial charge in [0.2, 0.25) is 0 Å². The van der Waals surface area contributed by atoms with Gasteiger partial charge in [-0.1, -0.05) is 6.42 Å². The van der Waals surface area contributed by atoms with Crippen LogP contribution in [0.4, 0.5) is 5.69 Å². The van der Waals surface area contributed by atoms with Gasteiger partial charge in [0.1, 0.15) is 11.5 Å². The lowest BCUT2D eigenvalue weighted by Crippen LogP contribution is -2.21. The molecule has 1 aromatic rings. The van der Waals surface area contributed by atoms with Crippen LogP contribution in [0.15, 0.2) is 18.2 Å². The average molecular weight is 221 g/mol. The van der Waals surface area contributed by atoms with E-state index in [9.17, 15) is 0 Å². The molecule has 0 aliphatic heterocycles. The summed E-state index contributed by atoms with van der Waals surface area (Å²) in [6, 6.07) is 5.83. The molecule has 1 N–H and O–H groups in total. The Morgan fingerprint density at radius 1 is 1.25 bits per heavy atom. The third-order valence-corrected chi connectivity index (χ3v) is 3.21. The van der Waals surface area contributed by atoms with Crippen molar-refractivity contribution in [2.24, 2.45) is 5.92 Å². The predicted octanol–water partition coefficient (Wildman–Crippen LogP) is 2.92. The molecule has 1 aromatic carbocycles. The fourth-order valence-electron chi connectivity index (χ4n) is 1.90. The molecule has 0 amide bonds. The Hall–Kier alpha value is -1.38. The van der Waals surface area contributed by atoms with E-state index < -0.39 is 0 Å². The van der Waals surface area contributed by atoms with Crippen LogP contribution in [-0.2, 0) is 0 Å². The summed E-state index contributed by atoms with van der Waals surface area (Å²) in [6.45, 7) is 1.03. The lowest BCUT2D eigenvalue weighted by atomic mass is 9.85. The van der Waals surface area contributed by atoms with Crippen molar-refractivity contribution in [3.8, 4) is 11.5 Å². The number of hydrogen-bond acceptors (Lipinski definition) is 3. The van der Waals surface area contributed by atoms with Crippen molar-refractivity contribution in [1.82, 2.24) is 0 Å². The highest BCUT2D eigenvalue weighted by Gasteiger charge is 2.17. The van der Waals surface area contributed by atoms with Crippen LogP contribution in [0.2, 0.25) is 0 Å². The Labute approximate surface area is 96.8 Å². The highest BCUT2D eigenvalue weighted by atomic mass is 16.5. The summed E-state index contributed by atoms with van der Waals surface area (Å²) in [7, 11) is 3.37. The van der Waals surface area contributed by atoms with E-state index in [1.165, 1.54) is 19.3 Å². The van der Waals surface area contributed by atoms with Crippen molar-refractivity contribution < 1.29 is 9.47 Å². The zero-order valence-electron chi connectivity index (χ0n) is 9.95. The summed E-state index contributed by atoms with van der Waals surface area (Å²) in [5.41, 5.74) is 1.02. The minimum Gasteiger partial charge on any atom is -0.497 e. The maximum absolute atomic E-state index is 5.31. The third kappa shape index (κ3) is 2.40. The number of nitrogens with one attached hydrogen (secondary N) is 1. The molecular weight excluding hydrogens is 202 g/mol.